The predicted octanol–water partition coefficient (Wildman–Crippen LogP) is 2.48. The SMILES string of the molecule is CSCC(C)N(C)CCC(=O)c1ccc(F)cn1. The number of hydrogen-bond donors (Lipinski definition) is 0. The first-order valence-corrected chi connectivity index (χ1v) is 7.28. The number of aromatic nitrogens is 1. The second-order valence-electron chi connectivity index (χ2n) is 4.32. The predicted molar refractivity (Wildman–Crippen MR) is 73.6 cm³/mol. The lowest BCUT2D eigenvalue weighted by molar-refractivity contribution is 0.0959. The van der Waals surface area contributed by atoms with Crippen LogP contribution in [0, 0.1) is 5.82 Å². The molecule has 0 radical (unpaired) electrons. The van der Waals surface area contributed by atoms with Crippen LogP contribution in [-0.4, -0.2) is 47.3 Å². The monoisotopic (exact) mass is 270 g/mol. The Bertz CT molecular complexity index is 383. The molecule has 0 bridgehead atoms. The van der Waals surface area contributed by atoms with Crippen LogP contribution in [0.1, 0.15) is 23.8 Å². The Hall–Kier alpha value is -0.940. The molecule has 1 rings (SSSR count). The second kappa shape index (κ2) is 7.48. The second-order valence-corrected chi connectivity index (χ2v) is 5.23. The highest BCUT2D eigenvalue weighted by molar-refractivity contribution is 7.98. The number of carbonyl (C=O) groups excluding carboxylic acids is 1. The fraction of sp³-hybridized carbons (Fsp3) is 0.538. The largest absolute Gasteiger partial charge is 0.302 e. The Morgan fingerprint density at radius 2 is 2.28 bits per heavy atom. The Kier molecular flexibility index (Phi) is 6.29. The molecule has 100 valence electrons. The van der Waals surface area contributed by atoms with E-state index in [4.69, 9.17) is 0 Å². The Morgan fingerprint density at radius 1 is 1.56 bits per heavy atom. The fourth-order valence-electron chi connectivity index (χ4n) is 1.54. The summed E-state index contributed by atoms with van der Waals surface area (Å²) in [6.45, 7) is 2.83. The number of Topliss-reactive ketones (excluding diaryl/α,β-unsaturated/α-hetero) is 1. The van der Waals surface area contributed by atoms with Crippen molar-refractivity contribution in [2.75, 3.05) is 25.6 Å². The molecular formula is C13H19FN2OS. The van der Waals surface area contributed by atoms with Crippen LogP contribution >= 0.6 is 11.8 Å². The minimum absolute atomic E-state index is 0.0433. The zero-order valence-electron chi connectivity index (χ0n) is 11.0. The minimum Gasteiger partial charge on any atom is -0.302 e. The molecule has 1 aromatic heterocycles. The Morgan fingerprint density at radius 3 is 2.83 bits per heavy atom. The minimum atomic E-state index is -0.419. The number of nitrogens with zero attached hydrogens (tertiary/aromatic N) is 2. The molecule has 0 aliphatic heterocycles. The number of halogens is 1. The lowest BCUT2D eigenvalue weighted by Crippen LogP contribution is -2.32. The summed E-state index contributed by atoms with van der Waals surface area (Å²) in [4.78, 5) is 17.8. The first kappa shape index (κ1) is 15.1. The van der Waals surface area contributed by atoms with Crippen molar-refractivity contribution in [3.8, 4) is 0 Å². The Balaban J connectivity index is 2.43. The molecule has 0 aliphatic carbocycles. The van der Waals surface area contributed by atoms with Gasteiger partial charge in [0.25, 0.3) is 0 Å². The molecule has 0 amide bonds. The number of rotatable bonds is 7. The molecule has 1 aromatic rings. The van der Waals surface area contributed by atoms with Crippen molar-refractivity contribution in [3.05, 3.63) is 29.8 Å². The van der Waals surface area contributed by atoms with Gasteiger partial charge in [-0.3, -0.25) is 9.78 Å². The van der Waals surface area contributed by atoms with Crippen LogP contribution in [0.25, 0.3) is 0 Å². The van der Waals surface area contributed by atoms with Gasteiger partial charge in [-0.05, 0) is 32.4 Å². The lowest BCUT2D eigenvalue weighted by Gasteiger charge is -2.23. The van der Waals surface area contributed by atoms with Gasteiger partial charge in [-0.15, -0.1) is 0 Å². The van der Waals surface area contributed by atoms with Crippen molar-refractivity contribution in [2.24, 2.45) is 0 Å². The summed E-state index contributed by atoms with van der Waals surface area (Å²) < 4.78 is 12.7. The Labute approximate surface area is 112 Å². The van der Waals surface area contributed by atoms with E-state index in [1.54, 1.807) is 11.8 Å². The third kappa shape index (κ3) is 4.74. The lowest BCUT2D eigenvalue weighted by atomic mass is 10.2. The molecular weight excluding hydrogens is 251 g/mol. The van der Waals surface area contributed by atoms with Crippen molar-refractivity contribution >= 4 is 17.5 Å². The van der Waals surface area contributed by atoms with Gasteiger partial charge in [0.1, 0.15) is 11.5 Å². The maximum Gasteiger partial charge on any atom is 0.182 e. The van der Waals surface area contributed by atoms with Crippen LogP contribution in [0.3, 0.4) is 0 Å². The van der Waals surface area contributed by atoms with E-state index in [1.807, 2.05) is 7.05 Å². The molecule has 1 unspecified atom stereocenters. The van der Waals surface area contributed by atoms with Crippen molar-refractivity contribution < 1.29 is 9.18 Å². The van der Waals surface area contributed by atoms with E-state index in [1.165, 1.54) is 12.1 Å². The molecule has 0 saturated carbocycles. The summed E-state index contributed by atoms with van der Waals surface area (Å²) in [5.41, 5.74) is 0.335. The highest BCUT2D eigenvalue weighted by atomic mass is 32.2. The third-order valence-corrected chi connectivity index (χ3v) is 3.68. The zero-order chi connectivity index (χ0) is 13.5. The number of carbonyl (C=O) groups is 1. The molecule has 0 N–H and O–H groups in total. The van der Waals surface area contributed by atoms with Gasteiger partial charge in [0.15, 0.2) is 5.78 Å². The molecule has 0 aliphatic rings. The number of ketones is 1. The van der Waals surface area contributed by atoms with Crippen molar-refractivity contribution in [1.29, 1.82) is 0 Å². The highest BCUT2D eigenvalue weighted by Crippen LogP contribution is 2.06. The summed E-state index contributed by atoms with van der Waals surface area (Å²) in [6.07, 6.45) is 3.55. The van der Waals surface area contributed by atoms with Gasteiger partial charge in [0.05, 0.1) is 6.20 Å². The summed E-state index contributed by atoms with van der Waals surface area (Å²) in [7, 11) is 2.01. The van der Waals surface area contributed by atoms with E-state index >= 15 is 0 Å². The van der Waals surface area contributed by atoms with Gasteiger partial charge in [0.2, 0.25) is 0 Å². The zero-order valence-corrected chi connectivity index (χ0v) is 11.8. The molecule has 0 saturated heterocycles. The number of thioether (sulfide) groups is 1. The van der Waals surface area contributed by atoms with E-state index in [2.05, 4.69) is 23.1 Å². The van der Waals surface area contributed by atoms with E-state index < -0.39 is 5.82 Å². The topological polar surface area (TPSA) is 33.2 Å². The van der Waals surface area contributed by atoms with E-state index in [9.17, 15) is 9.18 Å². The maximum absolute atomic E-state index is 12.7. The average Bonchev–Trinajstić information content (AvgIpc) is 2.36. The molecule has 0 aromatic carbocycles. The summed E-state index contributed by atoms with van der Waals surface area (Å²) in [6, 6.07) is 3.14. The third-order valence-electron chi connectivity index (χ3n) is 2.86. The molecule has 5 heteroatoms. The number of hydrogen-bond acceptors (Lipinski definition) is 4. The van der Waals surface area contributed by atoms with Crippen LogP contribution < -0.4 is 0 Å². The van der Waals surface area contributed by atoms with E-state index in [0.717, 1.165) is 11.9 Å². The highest BCUT2D eigenvalue weighted by Gasteiger charge is 2.12. The molecule has 3 nitrogen and oxygen atoms in total. The van der Waals surface area contributed by atoms with Gasteiger partial charge in [-0.1, -0.05) is 0 Å². The van der Waals surface area contributed by atoms with E-state index in [-0.39, 0.29) is 5.78 Å². The summed E-state index contributed by atoms with van der Waals surface area (Å²) in [5, 5.41) is 0. The van der Waals surface area contributed by atoms with Gasteiger partial charge in [0, 0.05) is 24.8 Å². The maximum atomic E-state index is 12.7. The molecule has 18 heavy (non-hydrogen) atoms. The normalized spacial score (nSPS) is 12.7. The average molecular weight is 270 g/mol. The van der Waals surface area contributed by atoms with Crippen LogP contribution in [-0.2, 0) is 0 Å². The first-order valence-electron chi connectivity index (χ1n) is 5.88. The summed E-state index contributed by atoms with van der Waals surface area (Å²) >= 11 is 1.79. The van der Waals surface area contributed by atoms with Crippen molar-refractivity contribution in [1.82, 2.24) is 9.88 Å². The molecule has 1 atom stereocenters. The molecule has 1 heterocycles. The molecule has 0 spiro atoms. The van der Waals surface area contributed by atoms with Crippen molar-refractivity contribution in [3.63, 3.8) is 0 Å². The summed E-state index contributed by atoms with van der Waals surface area (Å²) in [5.74, 6) is 0.579. The van der Waals surface area contributed by atoms with Gasteiger partial charge in [-0.25, -0.2) is 4.39 Å². The first-order chi connectivity index (χ1) is 8.54. The van der Waals surface area contributed by atoms with Crippen LogP contribution in [0.5, 0.6) is 0 Å². The van der Waals surface area contributed by atoms with Gasteiger partial charge >= 0.3 is 0 Å². The quantitative estimate of drug-likeness (QED) is 0.713. The van der Waals surface area contributed by atoms with Crippen LogP contribution in [0.15, 0.2) is 18.3 Å². The van der Waals surface area contributed by atoms with Crippen molar-refractivity contribution in [2.45, 2.75) is 19.4 Å². The van der Waals surface area contributed by atoms with Crippen LogP contribution in [0.2, 0.25) is 0 Å². The van der Waals surface area contributed by atoms with Crippen LogP contribution in [0.4, 0.5) is 4.39 Å². The number of pyridine rings is 1. The van der Waals surface area contributed by atoms with E-state index in [0.29, 0.717) is 24.7 Å². The smallest absolute Gasteiger partial charge is 0.182 e. The van der Waals surface area contributed by atoms with Gasteiger partial charge in [-0.2, -0.15) is 11.8 Å². The van der Waals surface area contributed by atoms with Gasteiger partial charge < -0.3 is 4.90 Å². The standard InChI is InChI=1S/C13H19FN2OS/c1-10(9-18-3)16(2)7-6-13(17)12-5-4-11(14)8-15-12/h4-5,8,10H,6-7,9H2,1-3H3. The fourth-order valence-corrected chi connectivity index (χ4v) is 2.27. The molecule has 0 fully saturated rings.